The molecule has 96 valence electrons. The molecule has 4 heteroatoms. The van der Waals surface area contributed by atoms with Gasteiger partial charge in [-0.25, -0.2) is 0 Å². The summed E-state index contributed by atoms with van der Waals surface area (Å²) in [6.45, 7) is 1.49. The molecule has 0 bridgehead atoms. The molecule has 0 radical (unpaired) electrons. The van der Waals surface area contributed by atoms with Crippen LogP contribution in [0.4, 0.5) is 0 Å². The minimum atomic E-state index is 0.0295. The van der Waals surface area contributed by atoms with E-state index in [9.17, 15) is 4.79 Å². The smallest absolute Gasteiger partial charge is 0.246 e. The Kier molecular flexibility index (Phi) is 4.39. The molecule has 3 nitrogen and oxygen atoms in total. The highest BCUT2D eigenvalue weighted by atomic mass is 35.5. The van der Waals surface area contributed by atoms with E-state index < -0.39 is 0 Å². The molecule has 1 aliphatic heterocycles. The molecule has 2 N–H and O–H groups in total. The van der Waals surface area contributed by atoms with E-state index in [0.717, 1.165) is 31.5 Å². The lowest BCUT2D eigenvalue weighted by Crippen LogP contribution is -2.42. The lowest BCUT2D eigenvalue weighted by Gasteiger charge is -2.29. The van der Waals surface area contributed by atoms with Crippen LogP contribution in [0.2, 0.25) is 5.02 Å². The minimum Gasteiger partial charge on any atom is -0.339 e. The Morgan fingerprint density at radius 2 is 2.00 bits per heavy atom. The molecule has 1 aromatic rings. The molecule has 0 aromatic heterocycles. The van der Waals surface area contributed by atoms with Gasteiger partial charge in [0.25, 0.3) is 0 Å². The van der Waals surface area contributed by atoms with Gasteiger partial charge in [0.15, 0.2) is 0 Å². The molecule has 1 heterocycles. The first-order valence-corrected chi connectivity index (χ1v) is 6.51. The third-order valence-electron chi connectivity index (χ3n) is 3.16. The maximum atomic E-state index is 11.9. The molecule has 0 spiro atoms. The van der Waals surface area contributed by atoms with E-state index in [4.69, 9.17) is 17.3 Å². The summed E-state index contributed by atoms with van der Waals surface area (Å²) in [6, 6.07) is 7.70. The standard InChI is InChI=1S/C14H17ClN2O/c15-13-4-2-1-3-11(13)5-6-14(18)17-9-7-12(16)8-10-17/h1-6,12H,7-10,16H2/b6-5+. The van der Waals surface area contributed by atoms with Crippen LogP contribution in [0.3, 0.4) is 0 Å². The normalized spacial score (nSPS) is 17.3. The minimum absolute atomic E-state index is 0.0295. The third-order valence-corrected chi connectivity index (χ3v) is 3.51. The SMILES string of the molecule is NC1CCN(C(=O)/C=C/c2ccccc2Cl)CC1. The first kappa shape index (κ1) is 13.1. The average molecular weight is 265 g/mol. The first-order chi connectivity index (χ1) is 8.66. The number of hydrogen-bond acceptors (Lipinski definition) is 2. The summed E-state index contributed by atoms with van der Waals surface area (Å²) in [7, 11) is 0. The van der Waals surface area contributed by atoms with Crippen molar-refractivity contribution in [2.24, 2.45) is 5.73 Å². The zero-order valence-corrected chi connectivity index (χ0v) is 10.9. The number of carbonyl (C=O) groups is 1. The Morgan fingerprint density at radius 3 is 2.67 bits per heavy atom. The van der Waals surface area contributed by atoms with Crippen LogP contribution in [0.1, 0.15) is 18.4 Å². The van der Waals surface area contributed by atoms with Crippen LogP contribution in [0.15, 0.2) is 30.3 Å². The number of halogens is 1. The Labute approximate surface area is 112 Å². The molecule has 1 aliphatic rings. The number of carbonyl (C=O) groups excluding carboxylic acids is 1. The second-order valence-corrected chi connectivity index (χ2v) is 4.92. The molecule has 1 aromatic carbocycles. The summed E-state index contributed by atoms with van der Waals surface area (Å²) in [5.41, 5.74) is 6.67. The van der Waals surface area contributed by atoms with Crippen LogP contribution in [-0.2, 0) is 4.79 Å². The highest BCUT2D eigenvalue weighted by molar-refractivity contribution is 6.32. The van der Waals surface area contributed by atoms with E-state index in [0.29, 0.717) is 5.02 Å². The Bertz CT molecular complexity index is 451. The van der Waals surface area contributed by atoms with E-state index in [1.54, 1.807) is 12.2 Å². The topological polar surface area (TPSA) is 46.3 Å². The maximum absolute atomic E-state index is 11.9. The van der Waals surface area contributed by atoms with Gasteiger partial charge in [-0.2, -0.15) is 0 Å². The van der Waals surface area contributed by atoms with Crippen LogP contribution in [-0.4, -0.2) is 29.9 Å². The van der Waals surface area contributed by atoms with Crippen LogP contribution >= 0.6 is 11.6 Å². The Balaban J connectivity index is 1.97. The van der Waals surface area contributed by atoms with Gasteiger partial charge in [0.1, 0.15) is 0 Å². The van der Waals surface area contributed by atoms with E-state index in [1.807, 2.05) is 29.2 Å². The van der Waals surface area contributed by atoms with Crippen molar-refractivity contribution in [1.29, 1.82) is 0 Å². The number of rotatable bonds is 2. The van der Waals surface area contributed by atoms with Crippen molar-refractivity contribution >= 4 is 23.6 Å². The van der Waals surface area contributed by atoms with Crippen LogP contribution in [0.5, 0.6) is 0 Å². The highest BCUT2D eigenvalue weighted by Crippen LogP contribution is 2.16. The van der Waals surface area contributed by atoms with Gasteiger partial charge in [0, 0.05) is 30.2 Å². The lowest BCUT2D eigenvalue weighted by atomic mass is 10.1. The van der Waals surface area contributed by atoms with Gasteiger partial charge >= 0.3 is 0 Å². The lowest BCUT2D eigenvalue weighted by molar-refractivity contribution is -0.126. The molecular weight excluding hydrogens is 248 g/mol. The zero-order chi connectivity index (χ0) is 13.0. The Morgan fingerprint density at radius 1 is 1.33 bits per heavy atom. The van der Waals surface area contributed by atoms with E-state index in [1.165, 1.54) is 0 Å². The molecule has 1 saturated heterocycles. The van der Waals surface area contributed by atoms with E-state index >= 15 is 0 Å². The quantitative estimate of drug-likeness (QED) is 0.834. The fraction of sp³-hybridized carbons (Fsp3) is 0.357. The number of nitrogens with two attached hydrogens (primary N) is 1. The van der Waals surface area contributed by atoms with Gasteiger partial charge in [-0.15, -0.1) is 0 Å². The molecule has 18 heavy (non-hydrogen) atoms. The number of piperidine rings is 1. The van der Waals surface area contributed by atoms with Gasteiger partial charge in [0.2, 0.25) is 5.91 Å². The molecule has 1 fully saturated rings. The summed E-state index contributed by atoms with van der Waals surface area (Å²) < 4.78 is 0. The maximum Gasteiger partial charge on any atom is 0.246 e. The molecular formula is C14H17ClN2O. The van der Waals surface area contributed by atoms with Crippen molar-refractivity contribution in [3.8, 4) is 0 Å². The van der Waals surface area contributed by atoms with Crippen molar-refractivity contribution < 1.29 is 4.79 Å². The summed E-state index contributed by atoms with van der Waals surface area (Å²) >= 11 is 6.02. The third kappa shape index (κ3) is 3.34. The zero-order valence-electron chi connectivity index (χ0n) is 10.2. The van der Waals surface area contributed by atoms with Gasteiger partial charge in [-0.3, -0.25) is 4.79 Å². The number of hydrogen-bond donors (Lipinski definition) is 1. The average Bonchev–Trinajstić information content (AvgIpc) is 2.38. The van der Waals surface area contributed by atoms with Crippen molar-refractivity contribution in [3.63, 3.8) is 0 Å². The fourth-order valence-corrected chi connectivity index (χ4v) is 2.20. The van der Waals surface area contributed by atoms with Crippen molar-refractivity contribution in [1.82, 2.24) is 4.90 Å². The van der Waals surface area contributed by atoms with E-state index in [2.05, 4.69) is 0 Å². The van der Waals surface area contributed by atoms with Gasteiger partial charge in [-0.05, 0) is 30.5 Å². The van der Waals surface area contributed by atoms with Crippen molar-refractivity contribution in [2.75, 3.05) is 13.1 Å². The molecule has 0 saturated carbocycles. The van der Waals surface area contributed by atoms with Crippen LogP contribution in [0.25, 0.3) is 6.08 Å². The first-order valence-electron chi connectivity index (χ1n) is 6.14. The van der Waals surface area contributed by atoms with Crippen molar-refractivity contribution in [2.45, 2.75) is 18.9 Å². The second kappa shape index (κ2) is 6.03. The summed E-state index contributed by atoms with van der Waals surface area (Å²) in [6.07, 6.45) is 5.11. The predicted molar refractivity (Wildman–Crippen MR) is 74.3 cm³/mol. The van der Waals surface area contributed by atoms with Crippen LogP contribution < -0.4 is 5.73 Å². The van der Waals surface area contributed by atoms with Crippen molar-refractivity contribution in [3.05, 3.63) is 40.9 Å². The molecule has 1 amide bonds. The summed E-state index contributed by atoms with van der Waals surface area (Å²) in [5.74, 6) is 0.0295. The van der Waals surface area contributed by atoms with Crippen LogP contribution in [0, 0.1) is 0 Å². The van der Waals surface area contributed by atoms with Gasteiger partial charge < -0.3 is 10.6 Å². The molecule has 2 rings (SSSR count). The molecule has 0 unspecified atom stereocenters. The molecule has 0 atom stereocenters. The predicted octanol–water partition coefficient (Wildman–Crippen LogP) is 2.30. The largest absolute Gasteiger partial charge is 0.339 e. The number of amides is 1. The second-order valence-electron chi connectivity index (χ2n) is 4.52. The summed E-state index contributed by atoms with van der Waals surface area (Å²) in [4.78, 5) is 13.8. The number of likely N-dealkylation sites (tertiary alicyclic amines) is 1. The van der Waals surface area contributed by atoms with Gasteiger partial charge in [0.05, 0.1) is 0 Å². The molecule has 0 aliphatic carbocycles. The van der Waals surface area contributed by atoms with E-state index in [-0.39, 0.29) is 11.9 Å². The summed E-state index contributed by atoms with van der Waals surface area (Å²) in [5, 5.41) is 0.655. The number of nitrogens with zero attached hydrogens (tertiary/aromatic N) is 1. The Hall–Kier alpha value is -1.32. The monoisotopic (exact) mass is 264 g/mol. The number of benzene rings is 1. The highest BCUT2D eigenvalue weighted by Gasteiger charge is 2.18. The fourth-order valence-electron chi connectivity index (χ4n) is 2.00. The van der Waals surface area contributed by atoms with Gasteiger partial charge in [-0.1, -0.05) is 29.8 Å².